The summed E-state index contributed by atoms with van der Waals surface area (Å²) >= 11 is 0. The first kappa shape index (κ1) is 11.5. The van der Waals surface area contributed by atoms with Crippen molar-refractivity contribution in [1.29, 1.82) is 5.26 Å². The fraction of sp³-hybridized carbons (Fsp3) is 0.647. The van der Waals surface area contributed by atoms with E-state index in [4.69, 9.17) is 0 Å². The molecule has 0 N–H and O–H groups in total. The molecule has 4 saturated carbocycles. The SMILES string of the molecule is Cc1ncc(C23CC4CC(CC(C4)C2)C3)cc1C#N. The molecule has 1 aromatic rings. The van der Waals surface area contributed by atoms with Gasteiger partial charge in [-0.3, -0.25) is 4.98 Å². The number of nitrogens with zero attached hydrogens (tertiary/aromatic N) is 2. The third kappa shape index (κ3) is 1.64. The van der Waals surface area contributed by atoms with Crippen LogP contribution in [0.4, 0.5) is 0 Å². The molecule has 1 heterocycles. The number of pyridine rings is 1. The molecule has 98 valence electrons. The zero-order valence-corrected chi connectivity index (χ0v) is 11.5. The van der Waals surface area contributed by atoms with Crippen molar-refractivity contribution in [1.82, 2.24) is 4.98 Å². The Morgan fingerprint density at radius 3 is 2.26 bits per heavy atom. The van der Waals surface area contributed by atoms with E-state index in [9.17, 15) is 5.26 Å². The highest BCUT2D eigenvalue weighted by molar-refractivity contribution is 5.39. The van der Waals surface area contributed by atoms with Gasteiger partial charge in [0, 0.05) is 6.20 Å². The minimum absolute atomic E-state index is 0.362. The minimum atomic E-state index is 0.362. The molecule has 0 spiro atoms. The highest BCUT2D eigenvalue weighted by atomic mass is 14.7. The Labute approximate surface area is 114 Å². The minimum Gasteiger partial charge on any atom is -0.260 e. The zero-order chi connectivity index (χ0) is 13.0. The van der Waals surface area contributed by atoms with E-state index in [0.29, 0.717) is 5.41 Å². The van der Waals surface area contributed by atoms with Gasteiger partial charge in [0.25, 0.3) is 0 Å². The molecule has 4 bridgehead atoms. The third-order valence-corrected chi connectivity index (χ3v) is 5.86. The van der Waals surface area contributed by atoms with E-state index in [0.717, 1.165) is 29.0 Å². The molecular weight excluding hydrogens is 232 g/mol. The summed E-state index contributed by atoms with van der Waals surface area (Å²) in [7, 11) is 0. The number of hydrogen-bond acceptors (Lipinski definition) is 2. The summed E-state index contributed by atoms with van der Waals surface area (Å²) in [5, 5.41) is 9.23. The summed E-state index contributed by atoms with van der Waals surface area (Å²) in [4.78, 5) is 4.48. The molecular formula is C17H20N2. The van der Waals surface area contributed by atoms with Crippen molar-refractivity contribution in [2.45, 2.75) is 50.9 Å². The molecule has 0 amide bonds. The molecule has 4 fully saturated rings. The number of hydrogen-bond donors (Lipinski definition) is 0. The molecule has 4 aliphatic carbocycles. The van der Waals surface area contributed by atoms with Crippen LogP contribution in [0.3, 0.4) is 0 Å². The monoisotopic (exact) mass is 252 g/mol. The Kier molecular flexibility index (Phi) is 2.31. The van der Waals surface area contributed by atoms with Crippen LogP contribution < -0.4 is 0 Å². The van der Waals surface area contributed by atoms with E-state index < -0.39 is 0 Å². The Bertz CT molecular complexity index is 532. The van der Waals surface area contributed by atoms with Gasteiger partial charge < -0.3 is 0 Å². The topological polar surface area (TPSA) is 36.7 Å². The summed E-state index contributed by atoms with van der Waals surface area (Å²) < 4.78 is 0. The van der Waals surface area contributed by atoms with Gasteiger partial charge in [-0.2, -0.15) is 5.26 Å². The van der Waals surface area contributed by atoms with Gasteiger partial charge in [-0.25, -0.2) is 0 Å². The molecule has 4 aliphatic rings. The van der Waals surface area contributed by atoms with Crippen molar-refractivity contribution < 1.29 is 0 Å². The lowest BCUT2D eigenvalue weighted by Gasteiger charge is -2.57. The largest absolute Gasteiger partial charge is 0.260 e. The van der Waals surface area contributed by atoms with Gasteiger partial charge in [-0.05, 0) is 80.2 Å². The van der Waals surface area contributed by atoms with Gasteiger partial charge in [0.1, 0.15) is 6.07 Å². The summed E-state index contributed by atoms with van der Waals surface area (Å²) in [6.45, 7) is 1.93. The summed E-state index contributed by atoms with van der Waals surface area (Å²) in [6, 6.07) is 4.44. The van der Waals surface area contributed by atoms with Gasteiger partial charge in [0.15, 0.2) is 0 Å². The van der Waals surface area contributed by atoms with Gasteiger partial charge >= 0.3 is 0 Å². The predicted octanol–water partition coefficient (Wildman–Crippen LogP) is 3.73. The van der Waals surface area contributed by atoms with Crippen LogP contribution in [0.5, 0.6) is 0 Å². The maximum atomic E-state index is 9.23. The van der Waals surface area contributed by atoms with E-state index in [1.165, 1.54) is 44.1 Å². The fourth-order valence-electron chi connectivity index (χ4n) is 5.40. The molecule has 1 aromatic heterocycles. The van der Waals surface area contributed by atoms with E-state index in [1.807, 2.05) is 6.92 Å². The summed E-state index contributed by atoms with van der Waals surface area (Å²) in [5.41, 5.74) is 3.36. The number of nitriles is 1. The maximum Gasteiger partial charge on any atom is 0.101 e. The number of rotatable bonds is 1. The van der Waals surface area contributed by atoms with Crippen LogP contribution in [0, 0.1) is 36.0 Å². The van der Waals surface area contributed by atoms with Gasteiger partial charge in [0.05, 0.1) is 11.3 Å². The van der Waals surface area contributed by atoms with Crippen molar-refractivity contribution in [3.8, 4) is 6.07 Å². The quantitative estimate of drug-likeness (QED) is 0.763. The first-order chi connectivity index (χ1) is 9.18. The predicted molar refractivity (Wildman–Crippen MR) is 73.5 cm³/mol. The normalized spacial score (nSPS) is 39.3. The van der Waals surface area contributed by atoms with Crippen molar-refractivity contribution in [2.24, 2.45) is 17.8 Å². The summed E-state index contributed by atoms with van der Waals surface area (Å²) in [6.07, 6.45) is 10.5. The van der Waals surface area contributed by atoms with E-state index in [1.54, 1.807) is 0 Å². The molecule has 2 heteroatoms. The fourth-order valence-corrected chi connectivity index (χ4v) is 5.40. The maximum absolute atomic E-state index is 9.23. The third-order valence-electron chi connectivity index (χ3n) is 5.86. The molecule has 0 radical (unpaired) electrons. The highest BCUT2D eigenvalue weighted by Crippen LogP contribution is 2.60. The van der Waals surface area contributed by atoms with Gasteiger partial charge in [-0.15, -0.1) is 0 Å². The lowest BCUT2D eigenvalue weighted by Crippen LogP contribution is -2.48. The second kappa shape index (κ2) is 3.82. The van der Waals surface area contributed by atoms with Crippen molar-refractivity contribution in [3.63, 3.8) is 0 Å². The molecule has 2 nitrogen and oxygen atoms in total. The average Bonchev–Trinajstić information content (AvgIpc) is 2.37. The zero-order valence-electron chi connectivity index (χ0n) is 11.5. The standard InChI is InChI=1S/C17H20N2/c1-11-15(9-18)5-16(10-19-11)17-6-12-2-13(7-17)4-14(3-12)8-17/h5,10,12-14H,2-4,6-8H2,1H3. The molecule has 0 atom stereocenters. The first-order valence-electron chi connectivity index (χ1n) is 7.56. The number of aryl methyl sites for hydroxylation is 1. The van der Waals surface area contributed by atoms with Gasteiger partial charge in [0.2, 0.25) is 0 Å². The molecule has 0 aromatic carbocycles. The van der Waals surface area contributed by atoms with E-state index in [-0.39, 0.29) is 0 Å². The van der Waals surface area contributed by atoms with Crippen LogP contribution in [0.25, 0.3) is 0 Å². The lowest BCUT2D eigenvalue weighted by molar-refractivity contribution is -0.00535. The summed E-state index contributed by atoms with van der Waals surface area (Å²) in [5.74, 6) is 2.83. The number of aromatic nitrogens is 1. The van der Waals surface area contributed by atoms with Crippen molar-refractivity contribution >= 4 is 0 Å². The molecule has 0 saturated heterocycles. The van der Waals surface area contributed by atoms with Crippen LogP contribution in [-0.4, -0.2) is 4.98 Å². The van der Waals surface area contributed by atoms with E-state index >= 15 is 0 Å². The van der Waals surface area contributed by atoms with Crippen molar-refractivity contribution in [2.75, 3.05) is 0 Å². The molecule has 5 rings (SSSR count). The van der Waals surface area contributed by atoms with Crippen LogP contribution in [-0.2, 0) is 5.41 Å². The van der Waals surface area contributed by atoms with Crippen molar-refractivity contribution in [3.05, 3.63) is 29.1 Å². The highest BCUT2D eigenvalue weighted by Gasteiger charge is 2.51. The Morgan fingerprint density at radius 1 is 1.16 bits per heavy atom. The van der Waals surface area contributed by atoms with Crippen LogP contribution in [0.15, 0.2) is 12.3 Å². The molecule has 0 aliphatic heterocycles. The second-order valence-corrected chi connectivity index (χ2v) is 7.17. The van der Waals surface area contributed by atoms with Crippen LogP contribution >= 0.6 is 0 Å². The molecule has 19 heavy (non-hydrogen) atoms. The Balaban J connectivity index is 1.78. The average molecular weight is 252 g/mol. The van der Waals surface area contributed by atoms with E-state index in [2.05, 4.69) is 23.3 Å². The first-order valence-corrected chi connectivity index (χ1v) is 7.56. The Hall–Kier alpha value is -1.36. The second-order valence-electron chi connectivity index (χ2n) is 7.17. The lowest BCUT2D eigenvalue weighted by atomic mass is 9.48. The molecule has 0 unspecified atom stereocenters. The van der Waals surface area contributed by atoms with Crippen LogP contribution in [0.2, 0.25) is 0 Å². The van der Waals surface area contributed by atoms with Gasteiger partial charge in [-0.1, -0.05) is 0 Å². The van der Waals surface area contributed by atoms with Crippen LogP contribution in [0.1, 0.15) is 55.3 Å². The Morgan fingerprint density at radius 2 is 1.74 bits per heavy atom. The smallest absolute Gasteiger partial charge is 0.101 e.